The third kappa shape index (κ3) is 5.07. The Morgan fingerprint density at radius 3 is 2.63 bits per heavy atom. The second-order valence-electron chi connectivity index (χ2n) is 5.44. The number of rotatable bonds is 2. The van der Waals surface area contributed by atoms with E-state index in [1.165, 1.54) is 0 Å². The number of carbonyl (C=O) groups excluding carboxylic acids is 1. The van der Waals surface area contributed by atoms with Crippen LogP contribution in [0.3, 0.4) is 0 Å². The van der Waals surface area contributed by atoms with Crippen LogP contribution in [0.15, 0.2) is 28.9 Å². The minimum atomic E-state index is -0.495. The summed E-state index contributed by atoms with van der Waals surface area (Å²) in [7, 11) is 0. The van der Waals surface area contributed by atoms with Crippen LogP contribution in [0.25, 0.3) is 0 Å². The van der Waals surface area contributed by atoms with Crippen LogP contribution in [-0.2, 0) is 4.74 Å². The van der Waals surface area contributed by atoms with Crippen LogP contribution in [0.1, 0.15) is 34.1 Å². The van der Waals surface area contributed by atoms with Gasteiger partial charge in [0.2, 0.25) is 0 Å². The van der Waals surface area contributed by atoms with E-state index in [4.69, 9.17) is 16.3 Å². The summed E-state index contributed by atoms with van der Waals surface area (Å²) in [6.07, 6.45) is 2.16. The summed E-state index contributed by atoms with van der Waals surface area (Å²) >= 11 is 5.81. The van der Waals surface area contributed by atoms with Crippen LogP contribution in [0.5, 0.6) is 0 Å². The molecule has 0 aromatic rings. The SMILES string of the molecule is C=CC1=C(N=C(C)Cl)CN(C(=O)OC(C)(C)C)CC1. The van der Waals surface area contributed by atoms with Gasteiger partial charge in [0.1, 0.15) is 10.8 Å². The second kappa shape index (κ2) is 6.24. The summed E-state index contributed by atoms with van der Waals surface area (Å²) in [6, 6.07) is 0. The monoisotopic (exact) mass is 284 g/mol. The van der Waals surface area contributed by atoms with Crippen molar-refractivity contribution in [2.24, 2.45) is 4.99 Å². The van der Waals surface area contributed by atoms with E-state index >= 15 is 0 Å². The van der Waals surface area contributed by atoms with Crippen molar-refractivity contribution >= 4 is 22.9 Å². The average molecular weight is 285 g/mol. The molecule has 0 fully saturated rings. The first-order valence-electron chi connectivity index (χ1n) is 6.26. The zero-order valence-electron chi connectivity index (χ0n) is 12.0. The average Bonchev–Trinajstić information content (AvgIpc) is 2.25. The molecule has 1 amide bonds. The molecule has 4 nitrogen and oxygen atoms in total. The number of aliphatic imine (C=N–C) groups is 1. The summed E-state index contributed by atoms with van der Waals surface area (Å²) in [5.74, 6) is 0. The van der Waals surface area contributed by atoms with Gasteiger partial charge in [-0.2, -0.15) is 0 Å². The maximum atomic E-state index is 12.0. The van der Waals surface area contributed by atoms with Gasteiger partial charge in [-0.15, -0.1) is 0 Å². The molecule has 0 saturated heterocycles. The predicted molar refractivity (Wildman–Crippen MR) is 78.6 cm³/mol. The molecule has 19 heavy (non-hydrogen) atoms. The number of nitrogens with zero attached hydrogens (tertiary/aromatic N) is 2. The molecule has 1 heterocycles. The molecule has 0 bridgehead atoms. The standard InChI is InChI=1S/C14H21ClN2O2/c1-6-11-7-8-17(9-12(11)16-10(2)15)13(18)19-14(3,4)5/h6H,1,7-9H2,2-5H3. The lowest BCUT2D eigenvalue weighted by molar-refractivity contribution is 0.0260. The van der Waals surface area contributed by atoms with Crippen molar-refractivity contribution < 1.29 is 9.53 Å². The Bertz CT molecular complexity index is 429. The molecule has 1 rings (SSSR count). The van der Waals surface area contributed by atoms with Crippen LogP contribution in [0.4, 0.5) is 4.79 Å². The molecule has 0 spiro atoms. The van der Waals surface area contributed by atoms with Crippen molar-refractivity contribution in [2.45, 2.75) is 39.7 Å². The molecule has 1 aliphatic heterocycles. The van der Waals surface area contributed by atoms with Crippen molar-refractivity contribution in [3.63, 3.8) is 0 Å². The van der Waals surface area contributed by atoms with Gasteiger partial charge in [-0.3, -0.25) is 0 Å². The fraction of sp³-hybridized carbons (Fsp3) is 0.571. The van der Waals surface area contributed by atoms with Gasteiger partial charge in [-0.1, -0.05) is 24.3 Å². The maximum Gasteiger partial charge on any atom is 0.410 e. The number of hydrogen-bond donors (Lipinski definition) is 0. The van der Waals surface area contributed by atoms with Gasteiger partial charge in [0.15, 0.2) is 0 Å². The number of hydrogen-bond acceptors (Lipinski definition) is 3. The highest BCUT2D eigenvalue weighted by atomic mass is 35.5. The summed E-state index contributed by atoms with van der Waals surface area (Å²) in [5.41, 5.74) is 1.31. The topological polar surface area (TPSA) is 41.9 Å². The molecule has 0 aliphatic carbocycles. The molecular weight excluding hydrogens is 264 g/mol. The molecule has 0 radical (unpaired) electrons. The Morgan fingerprint density at radius 1 is 1.53 bits per heavy atom. The number of ether oxygens (including phenoxy) is 1. The fourth-order valence-corrected chi connectivity index (χ4v) is 1.86. The number of carbonyl (C=O) groups is 1. The van der Waals surface area contributed by atoms with E-state index in [0.29, 0.717) is 24.7 Å². The van der Waals surface area contributed by atoms with Gasteiger partial charge in [-0.25, -0.2) is 9.79 Å². The van der Waals surface area contributed by atoms with E-state index in [9.17, 15) is 4.79 Å². The van der Waals surface area contributed by atoms with Gasteiger partial charge < -0.3 is 9.64 Å². The van der Waals surface area contributed by atoms with Crippen LogP contribution in [-0.4, -0.2) is 34.9 Å². The van der Waals surface area contributed by atoms with E-state index in [2.05, 4.69) is 11.6 Å². The van der Waals surface area contributed by atoms with E-state index in [1.54, 1.807) is 17.9 Å². The van der Waals surface area contributed by atoms with E-state index in [-0.39, 0.29) is 6.09 Å². The molecule has 0 unspecified atom stereocenters. The van der Waals surface area contributed by atoms with Gasteiger partial charge >= 0.3 is 6.09 Å². The number of halogens is 1. The van der Waals surface area contributed by atoms with Gasteiger partial charge in [0.25, 0.3) is 0 Å². The van der Waals surface area contributed by atoms with E-state index < -0.39 is 5.60 Å². The Balaban J connectivity index is 2.84. The molecular formula is C14H21ClN2O2. The largest absolute Gasteiger partial charge is 0.444 e. The first-order chi connectivity index (χ1) is 8.73. The fourth-order valence-electron chi connectivity index (χ4n) is 1.76. The quantitative estimate of drug-likeness (QED) is 0.725. The van der Waals surface area contributed by atoms with Crippen molar-refractivity contribution in [2.75, 3.05) is 13.1 Å². The molecule has 5 heteroatoms. The first-order valence-corrected chi connectivity index (χ1v) is 6.64. The van der Waals surface area contributed by atoms with Gasteiger partial charge in [-0.05, 0) is 39.7 Å². The lowest BCUT2D eigenvalue weighted by Crippen LogP contribution is -2.40. The third-order valence-electron chi connectivity index (χ3n) is 2.55. The van der Waals surface area contributed by atoms with Crippen molar-refractivity contribution in [1.29, 1.82) is 0 Å². The highest BCUT2D eigenvalue weighted by molar-refractivity contribution is 6.64. The van der Waals surface area contributed by atoms with Crippen molar-refractivity contribution in [3.05, 3.63) is 23.9 Å². The molecule has 1 aliphatic rings. The smallest absolute Gasteiger partial charge is 0.410 e. The van der Waals surface area contributed by atoms with Crippen LogP contribution in [0.2, 0.25) is 0 Å². The maximum absolute atomic E-state index is 12.0. The minimum absolute atomic E-state index is 0.324. The molecule has 0 aromatic heterocycles. The molecule has 0 atom stereocenters. The Morgan fingerprint density at radius 2 is 2.16 bits per heavy atom. The Labute approximate surface area is 119 Å². The lowest BCUT2D eigenvalue weighted by atomic mass is 10.1. The molecule has 0 aromatic carbocycles. The zero-order valence-corrected chi connectivity index (χ0v) is 12.8. The summed E-state index contributed by atoms with van der Waals surface area (Å²) in [6.45, 7) is 12.0. The van der Waals surface area contributed by atoms with Crippen molar-refractivity contribution in [1.82, 2.24) is 4.90 Å². The highest BCUT2D eigenvalue weighted by Gasteiger charge is 2.26. The number of amides is 1. The van der Waals surface area contributed by atoms with Crippen LogP contribution in [0, 0.1) is 0 Å². The number of allylic oxidation sites excluding steroid dienone is 1. The minimum Gasteiger partial charge on any atom is -0.444 e. The van der Waals surface area contributed by atoms with E-state index in [1.807, 2.05) is 20.8 Å². The highest BCUT2D eigenvalue weighted by Crippen LogP contribution is 2.22. The van der Waals surface area contributed by atoms with E-state index in [0.717, 1.165) is 11.3 Å². The first kappa shape index (κ1) is 15.8. The second-order valence-corrected chi connectivity index (χ2v) is 5.98. The van der Waals surface area contributed by atoms with Crippen LogP contribution < -0.4 is 0 Å². The van der Waals surface area contributed by atoms with Crippen molar-refractivity contribution in [3.8, 4) is 0 Å². The Hall–Kier alpha value is -1.29. The van der Waals surface area contributed by atoms with Gasteiger partial charge in [0.05, 0.1) is 12.2 Å². The zero-order chi connectivity index (χ0) is 14.6. The Kier molecular flexibility index (Phi) is 5.18. The predicted octanol–water partition coefficient (Wildman–Crippen LogP) is 3.72. The summed E-state index contributed by atoms with van der Waals surface area (Å²) in [5, 5.41) is 0.445. The normalized spacial score (nSPS) is 17.5. The lowest BCUT2D eigenvalue weighted by Gasteiger charge is -2.30. The van der Waals surface area contributed by atoms with Crippen LogP contribution >= 0.6 is 11.6 Å². The van der Waals surface area contributed by atoms with Gasteiger partial charge in [0, 0.05) is 6.54 Å². The molecule has 106 valence electrons. The summed E-state index contributed by atoms with van der Waals surface area (Å²) < 4.78 is 5.36. The molecule has 0 saturated carbocycles. The summed E-state index contributed by atoms with van der Waals surface area (Å²) in [4.78, 5) is 17.9. The third-order valence-corrected chi connectivity index (χ3v) is 2.63. The molecule has 0 N–H and O–H groups in total.